The minimum Gasteiger partial charge on any atom is -0.256 e. The van der Waals surface area contributed by atoms with Crippen molar-refractivity contribution in [3.05, 3.63) is 47.6 Å². The van der Waals surface area contributed by atoms with Gasteiger partial charge in [0, 0.05) is 11.8 Å². The third kappa shape index (κ3) is 4.28. The molecule has 0 atom stereocenters. The lowest BCUT2D eigenvalue weighted by molar-refractivity contribution is 1.18. The van der Waals surface area contributed by atoms with Crippen LogP contribution in [-0.2, 0) is 0 Å². The summed E-state index contributed by atoms with van der Waals surface area (Å²) in [4.78, 5) is 4.30. The summed E-state index contributed by atoms with van der Waals surface area (Å²) in [7, 11) is 0. The van der Waals surface area contributed by atoms with E-state index in [2.05, 4.69) is 30.8 Å². The number of rotatable bonds is 5. The van der Waals surface area contributed by atoms with Crippen molar-refractivity contribution in [1.82, 2.24) is 0 Å². The largest absolute Gasteiger partial charge is 0.256 e. The predicted molar refractivity (Wildman–Crippen MR) is 68.9 cm³/mol. The molecule has 0 saturated heterocycles. The van der Waals surface area contributed by atoms with Gasteiger partial charge < -0.3 is 0 Å². The Kier molecular flexibility index (Phi) is 6.85. The van der Waals surface area contributed by atoms with Crippen molar-refractivity contribution in [1.29, 1.82) is 0 Å². The molecule has 0 aromatic rings. The first-order chi connectivity index (χ1) is 6.69. The second-order valence-corrected chi connectivity index (χ2v) is 2.99. The zero-order valence-corrected chi connectivity index (χ0v) is 9.72. The zero-order chi connectivity index (χ0) is 11.0. The van der Waals surface area contributed by atoms with Crippen LogP contribution in [0.1, 0.15) is 20.3 Å². The first-order valence-corrected chi connectivity index (χ1v) is 5.06. The highest BCUT2D eigenvalue weighted by atomic mass is 32.1. The van der Waals surface area contributed by atoms with Crippen LogP contribution in [0.15, 0.2) is 52.6 Å². The molecule has 0 heterocycles. The molecule has 0 radical (unpaired) electrons. The van der Waals surface area contributed by atoms with Gasteiger partial charge in [0.15, 0.2) is 0 Å². The van der Waals surface area contributed by atoms with Gasteiger partial charge in [0.25, 0.3) is 0 Å². The van der Waals surface area contributed by atoms with Crippen molar-refractivity contribution in [2.75, 3.05) is 0 Å². The number of aliphatic imine (C=N–C) groups is 1. The lowest BCUT2D eigenvalue weighted by Gasteiger charge is -2.00. The third-order valence-corrected chi connectivity index (χ3v) is 2.05. The Labute approximate surface area is 92.0 Å². The van der Waals surface area contributed by atoms with Gasteiger partial charge in [-0.1, -0.05) is 32.2 Å². The molecular weight excluding hydrogens is 190 g/mol. The Balaban J connectivity index is 4.70. The van der Waals surface area contributed by atoms with E-state index in [1.807, 2.05) is 19.9 Å². The van der Waals surface area contributed by atoms with Crippen molar-refractivity contribution < 1.29 is 0 Å². The van der Waals surface area contributed by atoms with Crippen molar-refractivity contribution in [2.24, 2.45) is 4.99 Å². The maximum absolute atomic E-state index is 4.30. The van der Waals surface area contributed by atoms with Crippen molar-refractivity contribution in [3.8, 4) is 0 Å². The van der Waals surface area contributed by atoms with E-state index in [1.165, 1.54) is 0 Å². The summed E-state index contributed by atoms with van der Waals surface area (Å²) in [5.74, 6) is 0. The van der Waals surface area contributed by atoms with Crippen LogP contribution in [0.5, 0.6) is 0 Å². The van der Waals surface area contributed by atoms with Gasteiger partial charge in [-0.25, -0.2) is 0 Å². The fraction of sp³-hybridized carbons (Fsp3) is 0.250. The van der Waals surface area contributed by atoms with Gasteiger partial charge >= 0.3 is 0 Å². The highest BCUT2D eigenvalue weighted by Gasteiger charge is 1.96. The molecule has 0 fully saturated rings. The smallest absolute Gasteiger partial charge is 0.0664 e. The van der Waals surface area contributed by atoms with E-state index in [1.54, 1.807) is 17.7 Å². The monoisotopic (exact) mass is 207 g/mol. The minimum atomic E-state index is 0.865. The number of nitrogens with zero attached hydrogens (tertiary/aromatic N) is 1. The topological polar surface area (TPSA) is 12.4 Å². The molecule has 0 N–H and O–H groups in total. The number of thiol groups is 1. The molecule has 0 aromatic carbocycles. The maximum atomic E-state index is 4.30. The van der Waals surface area contributed by atoms with Gasteiger partial charge in [0.05, 0.1) is 5.70 Å². The van der Waals surface area contributed by atoms with Crippen LogP contribution < -0.4 is 0 Å². The van der Waals surface area contributed by atoms with E-state index in [-0.39, 0.29) is 0 Å². The summed E-state index contributed by atoms with van der Waals surface area (Å²) in [5, 5.41) is 1.69. The van der Waals surface area contributed by atoms with E-state index in [4.69, 9.17) is 0 Å². The molecule has 0 bridgehead atoms. The molecular formula is C12H17NS. The summed E-state index contributed by atoms with van der Waals surface area (Å²) in [6.07, 6.45) is 6.34. The molecule has 0 aliphatic heterocycles. The third-order valence-electron chi connectivity index (χ3n) is 1.77. The fourth-order valence-electron chi connectivity index (χ4n) is 0.791. The first-order valence-electron chi connectivity index (χ1n) is 4.54. The van der Waals surface area contributed by atoms with Gasteiger partial charge in [-0.2, -0.15) is 12.6 Å². The standard InChI is InChI=1S/C12H17NS/c1-5-10(4)8-13-12(7-3)11(6-2)9-14/h6-9,14H,2,4-5H2,1,3H3/b11-9+,12-7-,13-8?. The van der Waals surface area contributed by atoms with Crippen molar-refractivity contribution in [3.63, 3.8) is 0 Å². The molecule has 0 unspecified atom stereocenters. The molecule has 0 spiro atoms. The molecule has 1 nitrogen and oxygen atoms in total. The molecule has 0 rings (SSSR count). The molecule has 0 aromatic heterocycles. The molecule has 14 heavy (non-hydrogen) atoms. The van der Waals surface area contributed by atoms with Crippen LogP contribution >= 0.6 is 12.6 Å². The highest BCUT2D eigenvalue weighted by Crippen LogP contribution is 2.13. The van der Waals surface area contributed by atoms with Crippen LogP contribution in [0.25, 0.3) is 0 Å². The van der Waals surface area contributed by atoms with Gasteiger partial charge in [0.2, 0.25) is 0 Å². The van der Waals surface area contributed by atoms with Gasteiger partial charge in [0.1, 0.15) is 0 Å². The Morgan fingerprint density at radius 1 is 1.50 bits per heavy atom. The van der Waals surface area contributed by atoms with E-state index in [9.17, 15) is 0 Å². The van der Waals surface area contributed by atoms with E-state index in [0.29, 0.717) is 0 Å². The van der Waals surface area contributed by atoms with Crippen LogP contribution in [-0.4, -0.2) is 6.21 Å². The Hall–Kier alpha value is -1.02. The van der Waals surface area contributed by atoms with Gasteiger partial charge in [-0.3, -0.25) is 4.99 Å². The van der Waals surface area contributed by atoms with Gasteiger partial charge in [-0.15, -0.1) is 0 Å². The van der Waals surface area contributed by atoms with E-state index < -0.39 is 0 Å². The second kappa shape index (κ2) is 7.39. The molecule has 0 amide bonds. The van der Waals surface area contributed by atoms with Gasteiger partial charge in [-0.05, 0) is 24.3 Å². The zero-order valence-electron chi connectivity index (χ0n) is 8.83. The minimum absolute atomic E-state index is 0.865. The average molecular weight is 207 g/mol. The molecule has 0 saturated carbocycles. The summed E-state index contributed by atoms with van der Waals surface area (Å²) >= 11 is 4.09. The molecule has 0 aliphatic carbocycles. The van der Waals surface area contributed by atoms with Crippen LogP contribution in [0.3, 0.4) is 0 Å². The lowest BCUT2D eigenvalue weighted by Crippen LogP contribution is -1.85. The van der Waals surface area contributed by atoms with Crippen molar-refractivity contribution in [2.45, 2.75) is 20.3 Å². The van der Waals surface area contributed by atoms with Crippen molar-refractivity contribution >= 4 is 18.8 Å². The van der Waals surface area contributed by atoms with Crippen LogP contribution in [0, 0.1) is 0 Å². The normalized spacial score (nSPS) is 13.4. The lowest BCUT2D eigenvalue weighted by atomic mass is 10.2. The van der Waals surface area contributed by atoms with Crippen LogP contribution in [0.4, 0.5) is 0 Å². The fourth-order valence-corrected chi connectivity index (χ4v) is 1.03. The van der Waals surface area contributed by atoms with E-state index >= 15 is 0 Å². The second-order valence-electron chi connectivity index (χ2n) is 2.73. The quantitative estimate of drug-likeness (QED) is 0.398. The van der Waals surface area contributed by atoms with Crippen LogP contribution in [0.2, 0.25) is 0 Å². The SMILES string of the molecule is C=CC(=C\S)/C(=C/C)N=CC(=C)CC. The summed E-state index contributed by atoms with van der Waals surface area (Å²) in [5.41, 5.74) is 2.78. The summed E-state index contributed by atoms with van der Waals surface area (Å²) < 4.78 is 0. The molecule has 76 valence electrons. The highest BCUT2D eigenvalue weighted by molar-refractivity contribution is 7.83. The average Bonchev–Trinajstić information content (AvgIpc) is 2.23. The van der Waals surface area contributed by atoms with E-state index in [0.717, 1.165) is 23.3 Å². The number of hydrogen-bond acceptors (Lipinski definition) is 2. The molecule has 2 heteroatoms. The summed E-state index contributed by atoms with van der Waals surface area (Å²) in [6.45, 7) is 11.5. The first kappa shape index (κ1) is 13.0. The number of hydrogen-bond donors (Lipinski definition) is 1. The predicted octanol–water partition coefficient (Wildman–Crippen LogP) is 3.93. The maximum Gasteiger partial charge on any atom is 0.0664 e. The summed E-state index contributed by atoms with van der Waals surface area (Å²) in [6, 6.07) is 0. The Morgan fingerprint density at radius 2 is 2.14 bits per heavy atom. The number of allylic oxidation sites excluding steroid dienone is 3. The Bertz CT molecular complexity index is 295. The molecule has 0 aliphatic rings. The Morgan fingerprint density at radius 3 is 2.50 bits per heavy atom.